The van der Waals surface area contributed by atoms with Gasteiger partial charge >= 0.3 is 0 Å². The van der Waals surface area contributed by atoms with E-state index in [-0.39, 0.29) is 5.91 Å². The van der Waals surface area contributed by atoms with Gasteiger partial charge in [0.2, 0.25) is 0 Å². The maximum absolute atomic E-state index is 10.3. The summed E-state index contributed by atoms with van der Waals surface area (Å²) in [6.45, 7) is 0. The lowest BCUT2D eigenvalue weighted by atomic mass is 10.5. The molecule has 0 unspecified atom stereocenters. The van der Waals surface area contributed by atoms with Crippen LogP contribution in [0.15, 0.2) is 10.3 Å². The highest BCUT2D eigenvalue weighted by Gasteiger charge is 1.93. The van der Waals surface area contributed by atoms with Gasteiger partial charge in [-0.25, -0.2) is 0 Å². The molecule has 46 valence electrons. The SMILES string of the molecule is NN=NC(=O)CCS. The molecule has 1 amide bonds. The zero-order valence-electron chi connectivity index (χ0n) is 4.24. The van der Waals surface area contributed by atoms with Gasteiger partial charge in [0.05, 0.1) is 0 Å². The summed E-state index contributed by atoms with van der Waals surface area (Å²) >= 11 is 3.79. The molecule has 2 N–H and O–H groups in total. The molecule has 0 fully saturated rings. The van der Waals surface area contributed by atoms with Crippen LogP contribution in [-0.2, 0) is 4.79 Å². The Labute approximate surface area is 52.5 Å². The highest BCUT2D eigenvalue weighted by molar-refractivity contribution is 7.80. The predicted octanol–water partition coefficient (Wildman–Crippen LogP) is 0.159. The molecule has 4 nitrogen and oxygen atoms in total. The van der Waals surface area contributed by atoms with Gasteiger partial charge in [-0.1, -0.05) is 10.3 Å². The Kier molecular flexibility index (Phi) is 4.24. The maximum atomic E-state index is 10.3. The number of carbonyl (C=O) groups excluding carboxylic acids is 1. The molecule has 0 aromatic carbocycles. The van der Waals surface area contributed by atoms with E-state index < -0.39 is 0 Å². The van der Waals surface area contributed by atoms with Crippen LogP contribution >= 0.6 is 12.6 Å². The van der Waals surface area contributed by atoms with Gasteiger partial charge in [0.1, 0.15) is 0 Å². The van der Waals surface area contributed by atoms with Crippen LogP contribution in [0.25, 0.3) is 0 Å². The quantitative estimate of drug-likeness (QED) is 0.244. The number of thiol groups is 1. The van der Waals surface area contributed by atoms with Crippen LogP contribution in [0, 0.1) is 0 Å². The minimum absolute atomic E-state index is 0.295. The zero-order chi connectivity index (χ0) is 6.41. The lowest BCUT2D eigenvalue weighted by molar-refractivity contribution is -0.117. The maximum Gasteiger partial charge on any atom is 0.267 e. The van der Waals surface area contributed by atoms with Gasteiger partial charge in [0.15, 0.2) is 0 Å². The van der Waals surface area contributed by atoms with Crippen molar-refractivity contribution >= 4 is 18.5 Å². The second-order valence-electron chi connectivity index (χ2n) is 1.08. The van der Waals surface area contributed by atoms with Crippen molar-refractivity contribution in [1.82, 2.24) is 0 Å². The molecule has 0 bridgehead atoms. The summed E-state index contributed by atoms with van der Waals surface area (Å²) in [5.41, 5.74) is 0. The van der Waals surface area contributed by atoms with E-state index in [1.54, 1.807) is 0 Å². The summed E-state index contributed by atoms with van der Waals surface area (Å²) in [6.07, 6.45) is 0.295. The van der Waals surface area contributed by atoms with Gasteiger partial charge in [0.25, 0.3) is 5.91 Å². The van der Waals surface area contributed by atoms with E-state index in [1.807, 2.05) is 0 Å². The molecule has 0 saturated carbocycles. The average Bonchev–Trinajstić information content (AvgIpc) is 1.68. The third-order valence-electron chi connectivity index (χ3n) is 0.495. The van der Waals surface area contributed by atoms with Crippen molar-refractivity contribution in [3.05, 3.63) is 0 Å². The molecule has 0 spiro atoms. The Morgan fingerprint density at radius 1 is 1.75 bits per heavy atom. The molecular weight excluding hydrogens is 126 g/mol. The molecule has 0 heterocycles. The summed E-state index contributed by atoms with van der Waals surface area (Å²) < 4.78 is 0. The Balaban J connectivity index is 3.33. The highest BCUT2D eigenvalue weighted by Crippen LogP contribution is 1.86. The molecule has 0 atom stereocenters. The number of nitrogens with two attached hydrogens (primary N) is 1. The van der Waals surface area contributed by atoms with Gasteiger partial charge in [-0.05, 0) is 5.75 Å². The fourth-order valence-electron chi connectivity index (χ4n) is 0.210. The third kappa shape index (κ3) is 3.60. The molecule has 0 aliphatic carbocycles. The van der Waals surface area contributed by atoms with E-state index in [2.05, 4.69) is 28.8 Å². The minimum atomic E-state index is -0.331. The van der Waals surface area contributed by atoms with Crippen LogP contribution < -0.4 is 5.84 Å². The van der Waals surface area contributed by atoms with E-state index in [4.69, 9.17) is 0 Å². The van der Waals surface area contributed by atoms with Crippen molar-refractivity contribution < 1.29 is 4.79 Å². The van der Waals surface area contributed by atoms with Gasteiger partial charge in [0, 0.05) is 6.42 Å². The molecule has 8 heavy (non-hydrogen) atoms. The average molecular weight is 133 g/mol. The van der Waals surface area contributed by atoms with E-state index in [1.165, 1.54) is 0 Å². The molecule has 0 aromatic rings. The van der Waals surface area contributed by atoms with E-state index >= 15 is 0 Å². The van der Waals surface area contributed by atoms with Gasteiger partial charge < -0.3 is 5.84 Å². The molecule has 0 radical (unpaired) electrons. The molecular formula is C3H7N3OS. The van der Waals surface area contributed by atoms with Crippen molar-refractivity contribution in [2.45, 2.75) is 6.42 Å². The van der Waals surface area contributed by atoms with Crippen LogP contribution in [0.2, 0.25) is 0 Å². The van der Waals surface area contributed by atoms with Crippen LogP contribution in [0.1, 0.15) is 6.42 Å². The molecule has 0 rings (SSSR count). The highest BCUT2D eigenvalue weighted by atomic mass is 32.1. The first-order valence-corrected chi connectivity index (χ1v) is 2.69. The lowest BCUT2D eigenvalue weighted by Crippen LogP contribution is -1.93. The van der Waals surface area contributed by atoms with Gasteiger partial charge in [-0.2, -0.15) is 12.6 Å². The first-order valence-electron chi connectivity index (χ1n) is 2.06. The van der Waals surface area contributed by atoms with Crippen LogP contribution in [0.5, 0.6) is 0 Å². The summed E-state index contributed by atoms with van der Waals surface area (Å²) in [4.78, 5) is 10.3. The fraction of sp³-hybridized carbons (Fsp3) is 0.667. The number of amides is 1. The zero-order valence-corrected chi connectivity index (χ0v) is 5.14. The van der Waals surface area contributed by atoms with Gasteiger partial charge in [-0.3, -0.25) is 4.79 Å². The van der Waals surface area contributed by atoms with Crippen LogP contribution in [0.4, 0.5) is 0 Å². The largest absolute Gasteiger partial charge is 0.304 e. The van der Waals surface area contributed by atoms with Crippen LogP contribution in [-0.4, -0.2) is 11.7 Å². The standard InChI is InChI=1S/C3H7N3OS/c4-6-5-3(7)1-2-8/h8H,1-2H2,(H2,4,5,7). The predicted molar refractivity (Wildman–Crippen MR) is 32.5 cm³/mol. The van der Waals surface area contributed by atoms with Crippen molar-refractivity contribution in [2.24, 2.45) is 16.2 Å². The van der Waals surface area contributed by atoms with Crippen molar-refractivity contribution in [1.29, 1.82) is 0 Å². The minimum Gasteiger partial charge on any atom is -0.304 e. The van der Waals surface area contributed by atoms with Crippen molar-refractivity contribution in [2.75, 3.05) is 5.75 Å². The topological polar surface area (TPSA) is 67.8 Å². The summed E-state index contributed by atoms with van der Waals surface area (Å²) in [7, 11) is 0. The Morgan fingerprint density at radius 2 is 2.38 bits per heavy atom. The second-order valence-corrected chi connectivity index (χ2v) is 1.53. The first kappa shape index (κ1) is 7.42. The second kappa shape index (κ2) is 4.58. The number of hydrogen-bond acceptors (Lipinski definition) is 3. The molecule has 0 aromatic heterocycles. The summed E-state index contributed by atoms with van der Waals surface area (Å²) in [5.74, 6) is 4.73. The van der Waals surface area contributed by atoms with E-state index in [9.17, 15) is 4.79 Å². The van der Waals surface area contributed by atoms with E-state index in [0.717, 1.165) is 0 Å². The Morgan fingerprint density at radius 3 is 2.75 bits per heavy atom. The number of rotatable bonds is 2. The molecule has 0 aliphatic rings. The third-order valence-corrected chi connectivity index (χ3v) is 0.719. The van der Waals surface area contributed by atoms with Crippen molar-refractivity contribution in [3.8, 4) is 0 Å². The fourth-order valence-corrected chi connectivity index (χ4v) is 0.401. The first-order chi connectivity index (χ1) is 3.81. The molecule has 5 heteroatoms. The Bertz CT molecular complexity index is 103. The van der Waals surface area contributed by atoms with E-state index in [0.29, 0.717) is 12.2 Å². The monoisotopic (exact) mass is 133 g/mol. The molecule has 0 saturated heterocycles. The number of hydrogen-bond donors (Lipinski definition) is 2. The summed E-state index contributed by atoms with van der Waals surface area (Å²) in [5, 5.41) is 5.83. The van der Waals surface area contributed by atoms with Gasteiger partial charge in [-0.15, -0.1) is 0 Å². The van der Waals surface area contributed by atoms with Crippen molar-refractivity contribution in [3.63, 3.8) is 0 Å². The van der Waals surface area contributed by atoms with Crippen LogP contribution in [0.3, 0.4) is 0 Å². The number of carbonyl (C=O) groups is 1. The summed E-state index contributed by atoms with van der Waals surface area (Å²) in [6, 6.07) is 0. The smallest absolute Gasteiger partial charge is 0.267 e. The molecule has 0 aliphatic heterocycles. The number of nitrogens with zero attached hydrogens (tertiary/aromatic N) is 2. The Hall–Kier alpha value is -0.580. The lowest BCUT2D eigenvalue weighted by Gasteiger charge is -1.82. The normalized spacial score (nSPS) is 10.1.